The van der Waals surface area contributed by atoms with Crippen LogP contribution in [0.15, 0.2) is 22.3 Å². The number of allylic oxidation sites excluding steroid dienone is 1. The number of aryl methyl sites for hydroxylation is 1. The van der Waals surface area contributed by atoms with E-state index in [1.807, 2.05) is 6.92 Å². The van der Waals surface area contributed by atoms with Crippen LogP contribution < -0.4 is 0 Å². The molecule has 1 fully saturated rings. The number of aliphatic hydroxyl groups is 1. The summed E-state index contributed by atoms with van der Waals surface area (Å²) < 4.78 is 11.4. The summed E-state index contributed by atoms with van der Waals surface area (Å²) in [6.07, 6.45) is 6.02. The van der Waals surface area contributed by atoms with Gasteiger partial charge in [0.1, 0.15) is 11.9 Å². The van der Waals surface area contributed by atoms with Crippen LogP contribution in [0.5, 0.6) is 0 Å². The summed E-state index contributed by atoms with van der Waals surface area (Å²) in [4.78, 5) is 12.2. The van der Waals surface area contributed by atoms with Crippen LogP contribution in [0.4, 0.5) is 0 Å². The molecule has 4 nitrogen and oxygen atoms in total. The van der Waals surface area contributed by atoms with Gasteiger partial charge >= 0.3 is 5.97 Å². The molecule has 3 rings (SSSR count). The molecule has 1 heterocycles. The highest BCUT2D eigenvalue weighted by molar-refractivity contribution is 5.87. The SMILES string of the molecule is CC=C(C)C(=O)O[C@H]1CC[C@]2(O)Cc3occ(C)c3C[C@]2(C)[C@H]1C. The van der Waals surface area contributed by atoms with Gasteiger partial charge < -0.3 is 14.3 Å². The molecule has 24 heavy (non-hydrogen) atoms. The van der Waals surface area contributed by atoms with Gasteiger partial charge in [0.05, 0.1) is 11.9 Å². The molecule has 0 unspecified atom stereocenters. The molecular formula is C20H28O4. The number of rotatable bonds is 2. The highest BCUT2D eigenvalue weighted by Gasteiger charge is 2.59. The van der Waals surface area contributed by atoms with E-state index in [4.69, 9.17) is 9.15 Å². The largest absolute Gasteiger partial charge is 0.469 e. The van der Waals surface area contributed by atoms with E-state index in [0.29, 0.717) is 24.8 Å². The van der Waals surface area contributed by atoms with E-state index < -0.39 is 5.60 Å². The molecule has 0 saturated heterocycles. The first-order valence-corrected chi connectivity index (χ1v) is 8.84. The maximum Gasteiger partial charge on any atom is 0.333 e. The van der Waals surface area contributed by atoms with Crippen LogP contribution in [0.3, 0.4) is 0 Å². The van der Waals surface area contributed by atoms with Gasteiger partial charge in [0, 0.05) is 23.3 Å². The molecule has 2 aliphatic carbocycles. The minimum absolute atomic E-state index is 0.0762. The number of carbonyl (C=O) groups is 1. The summed E-state index contributed by atoms with van der Waals surface area (Å²) in [6.45, 7) is 9.90. The predicted molar refractivity (Wildman–Crippen MR) is 91.6 cm³/mol. The van der Waals surface area contributed by atoms with Crippen molar-refractivity contribution in [2.75, 3.05) is 0 Å². The summed E-state index contributed by atoms with van der Waals surface area (Å²) in [5.41, 5.74) is 1.85. The number of carbonyl (C=O) groups excluding carboxylic acids is 1. The van der Waals surface area contributed by atoms with Crippen LogP contribution in [0.25, 0.3) is 0 Å². The Balaban J connectivity index is 1.89. The molecule has 1 aromatic rings. The van der Waals surface area contributed by atoms with Crippen LogP contribution in [-0.2, 0) is 22.4 Å². The second kappa shape index (κ2) is 5.76. The quantitative estimate of drug-likeness (QED) is 0.662. The molecule has 0 spiro atoms. The third kappa shape index (κ3) is 2.43. The predicted octanol–water partition coefficient (Wildman–Crippen LogP) is 3.73. The maximum atomic E-state index is 12.2. The minimum Gasteiger partial charge on any atom is -0.469 e. The summed E-state index contributed by atoms with van der Waals surface area (Å²) in [6, 6.07) is 0. The number of furan rings is 1. The number of ether oxygens (including phenoxy) is 1. The van der Waals surface area contributed by atoms with E-state index in [2.05, 4.69) is 20.8 Å². The summed E-state index contributed by atoms with van der Waals surface area (Å²) in [5.74, 6) is 0.742. The van der Waals surface area contributed by atoms with Gasteiger partial charge in [0.15, 0.2) is 0 Å². The Bertz CT molecular complexity index is 686. The van der Waals surface area contributed by atoms with Crippen LogP contribution in [-0.4, -0.2) is 22.8 Å². The van der Waals surface area contributed by atoms with Crippen molar-refractivity contribution >= 4 is 5.97 Å². The van der Waals surface area contributed by atoms with Gasteiger partial charge in [-0.15, -0.1) is 0 Å². The van der Waals surface area contributed by atoms with E-state index in [1.54, 1.807) is 19.3 Å². The van der Waals surface area contributed by atoms with Crippen molar-refractivity contribution in [3.63, 3.8) is 0 Å². The first kappa shape index (κ1) is 17.3. The van der Waals surface area contributed by atoms with Gasteiger partial charge in [0.25, 0.3) is 0 Å². The number of hydrogen-bond donors (Lipinski definition) is 1. The smallest absolute Gasteiger partial charge is 0.333 e. The van der Waals surface area contributed by atoms with Crippen LogP contribution in [0, 0.1) is 18.3 Å². The maximum absolute atomic E-state index is 12.2. The minimum atomic E-state index is -0.803. The first-order chi connectivity index (χ1) is 11.2. The molecule has 0 aromatic carbocycles. The average Bonchev–Trinajstić information content (AvgIpc) is 2.89. The Morgan fingerprint density at radius 1 is 1.46 bits per heavy atom. The van der Waals surface area contributed by atoms with Gasteiger partial charge in [0.2, 0.25) is 0 Å². The van der Waals surface area contributed by atoms with Crippen molar-refractivity contribution in [3.8, 4) is 0 Å². The van der Waals surface area contributed by atoms with Crippen molar-refractivity contribution in [1.29, 1.82) is 0 Å². The Labute approximate surface area is 143 Å². The number of esters is 1. The topological polar surface area (TPSA) is 59.7 Å². The highest BCUT2D eigenvalue weighted by Crippen LogP contribution is 2.55. The lowest BCUT2D eigenvalue weighted by molar-refractivity contribution is -0.189. The molecule has 4 heteroatoms. The molecular weight excluding hydrogens is 304 g/mol. The van der Waals surface area contributed by atoms with Crippen LogP contribution in [0.2, 0.25) is 0 Å². The lowest BCUT2D eigenvalue weighted by Gasteiger charge is -2.56. The second-order valence-corrected chi connectivity index (χ2v) is 7.87. The molecule has 1 saturated carbocycles. The fourth-order valence-electron chi connectivity index (χ4n) is 4.42. The fraction of sp³-hybridized carbons (Fsp3) is 0.650. The molecule has 4 atom stereocenters. The van der Waals surface area contributed by atoms with Crippen molar-refractivity contribution < 1.29 is 19.1 Å². The van der Waals surface area contributed by atoms with Crippen molar-refractivity contribution in [2.45, 2.75) is 72.0 Å². The van der Waals surface area contributed by atoms with Crippen molar-refractivity contribution in [1.82, 2.24) is 0 Å². The summed E-state index contributed by atoms with van der Waals surface area (Å²) in [5, 5.41) is 11.4. The van der Waals surface area contributed by atoms with E-state index >= 15 is 0 Å². The molecule has 0 aliphatic heterocycles. The molecule has 0 amide bonds. The third-order valence-corrected chi connectivity index (χ3v) is 6.67. The monoisotopic (exact) mass is 332 g/mol. The van der Waals surface area contributed by atoms with Gasteiger partial charge in [-0.25, -0.2) is 4.79 Å². The van der Waals surface area contributed by atoms with Crippen LogP contribution >= 0.6 is 0 Å². The number of hydrogen-bond acceptors (Lipinski definition) is 4. The van der Waals surface area contributed by atoms with Gasteiger partial charge in [-0.1, -0.05) is 19.9 Å². The Morgan fingerprint density at radius 2 is 2.17 bits per heavy atom. The molecule has 0 bridgehead atoms. The molecule has 2 aliphatic rings. The second-order valence-electron chi connectivity index (χ2n) is 7.87. The van der Waals surface area contributed by atoms with E-state index in [9.17, 15) is 9.90 Å². The lowest BCUT2D eigenvalue weighted by Crippen LogP contribution is -2.61. The Morgan fingerprint density at radius 3 is 2.83 bits per heavy atom. The fourth-order valence-corrected chi connectivity index (χ4v) is 4.42. The Kier molecular flexibility index (Phi) is 4.15. The average molecular weight is 332 g/mol. The lowest BCUT2D eigenvalue weighted by atomic mass is 9.52. The van der Waals surface area contributed by atoms with Gasteiger partial charge in [-0.05, 0) is 51.2 Å². The summed E-state index contributed by atoms with van der Waals surface area (Å²) in [7, 11) is 0. The number of fused-ring (bicyclic) bond motifs is 2. The van der Waals surface area contributed by atoms with Gasteiger partial charge in [-0.3, -0.25) is 0 Å². The normalized spacial score (nSPS) is 36.0. The molecule has 132 valence electrons. The first-order valence-electron chi connectivity index (χ1n) is 8.84. The zero-order valence-electron chi connectivity index (χ0n) is 15.3. The molecule has 0 radical (unpaired) electrons. The summed E-state index contributed by atoms with van der Waals surface area (Å²) >= 11 is 0. The van der Waals surface area contributed by atoms with Crippen LogP contribution in [0.1, 0.15) is 57.4 Å². The molecule has 1 N–H and O–H groups in total. The highest BCUT2D eigenvalue weighted by atomic mass is 16.5. The van der Waals surface area contributed by atoms with Gasteiger partial charge in [-0.2, -0.15) is 0 Å². The Hall–Kier alpha value is -1.55. The van der Waals surface area contributed by atoms with Crippen molar-refractivity contribution in [2.24, 2.45) is 11.3 Å². The van der Waals surface area contributed by atoms with Crippen molar-refractivity contribution in [3.05, 3.63) is 34.8 Å². The molecule has 1 aromatic heterocycles. The van der Waals surface area contributed by atoms with E-state index in [1.165, 1.54) is 5.56 Å². The van der Waals surface area contributed by atoms with E-state index in [-0.39, 0.29) is 23.4 Å². The standard InChI is InChI=1S/C20H28O4/c1-6-12(2)18(21)24-16-7-8-20(22)10-17-15(13(3)11-23-17)9-19(20,5)14(16)4/h6,11,14,16,22H,7-10H2,1-5H3/t14-,16-,19+,20-/m0/s1. The zero-order valence-corrected chi connectivity index (χ0v) is 15.3. The van der Waals surface area contributed by atoms with E-state index in [0.717, 1.165) is 17.7 Å². The third-order valence-electron chi connectivity index (χ3n) is 6.67. The zero-order chi connectivity index (χ0) is 17.7.